The first kappa shape index (κ1) is 22.0. The number of halogens is 1. The van der Waals surface area contributed by atoms with E-state index in [1.54, 1.807) is 23.9 Å². The van der Waals surface area contributed by atoms with Gasteiger partial charge in [0.25, 0.3) is 5.91 Å². The molecule has 0 aliphatic rings. The van der Waals surface area contributed by atoms with Crippen molar-refractivity contribution in [3.63, 3.8) is 0 Å². The lowest BCUT2D eigenvalue weighted by atomic mass is 10.1. The Bertz CT molecular complexity index is 1120. The number of fused-ring (bicyclic) bond motifs is 1. The number of carbonyl (C=O) groups excluding carboxylic acids is 1. The summed E-state index contributed by atoms with van der Waals surface area (Å²) in [5.74, 6) is -0.00546. The smallest absolute Gasteiger partial charge is 0.260 e. The molecule has 0 N–H and O–H groups in total. The van der Waals surface area contributed by atoms with E-state index in [4.69, 9.17) is 4.98 Å². The highest BCUT2D eigenvalue weighted by molar-refractivity contribution is 7.22. The fraction of sp³-hybridized carbons (Fsp3) is 0.261. The van der Waals surface area contributed by atoms with Crippen molar-refractivity contribution >= 4 is 45.0 Å². The minimum absolute atomic E-state index is 0. The molecule has 0 unspecified atom stereocenters. The van der Waals surface area contributed by atoms with Gasteiger partial charge in [-0.3, -0.25) is 9.69 Å². The van der Waals surface area contributed by atoms with Gasteiger partial charge in [0.15, 0.2) is 5.13 Å². The number of aryl methyl sites for hydroxylation is 3. The number of hydrogen-bond donors (Lipinski definition) is 0. The average molecular weight is 441 g/mol. The predicted molar refractivity (Wildman–Crippen MR) is 126 cm³/mol. The molecule has 0 radical (unpaired) electrons. The third-order valence-electron chi connectivity index (χ3n) is 4.95. The minimum Gasteiger partial charge on any atom is -0.337 e. The summed E-state index contributed by atoms with van der Waals surface area (Å²) < 4.78 is 3.15. The van der Waals surface area contributed by atoms with Gasteiger partial charge in [0.05, 0.1) is 16.5 Å². The molecule has 4 aromatic rings. The van der Waals surface area contributed by atoms with Crippen LogP contribution in [0.4, 0.5) is 5.13 Å². The zero-order valence-corrected chi connectivity index (χ0v) is 18.7. The van der Waals surface area contributed by atoms with E-state index in [1.165, 1.54) is 5.56 Å². The first-order valence-corrected chi connectivity index (χ1v) is 10.7. The Morgan fingerprint density at radius 2 is 2.07 bits per heavy atom. The topological polar surface area (TPSA) is 51.0 Å². The van der Waals surface area contributed by atoms with Gasteiger partial charge in [0.1, 0.15) is 0 Å². The Labute approximate surface area is 186 Å². The maximum absolute atomic E-state index is 13.4. The van der Waals surface area contributed by atoms with Crippen LogP contribution in [0, 0.1) is 6.92 Å². The molecular formula is C23H25ClN4OS. The number of benzene rings is 2. The molecule has 2 aromatic carbocycles. The van der Waals surface area contributed by atoms with Crippen LogP contribution in [-0.2, 0) is 13.0 Å². The summed E-state index contributed by atoms with van der Waals surface area (Å²) in [6.45, 7) is 5.56. The highest BCUT2D eigenvalue weighted by atomic mass is 35.5. The van der Waals surface area contributed by atoms with Gasteiger partial charge < -0.3 is 4.57 Å². The lowest BCUT2D eigenvalue weighted by Crippen LogP contribution is -2.32. The van der Waals surface area contributed by atoms with Gasteiger partial charge in [0, 0.05) is 31.0 Å². The summed E-state index contributed by atoms with van der Waals surface area (Å²) in [6.07, 6.45) is 7.33. The third-order valence-corrected chi connectivity index (χ3v) is 5.99. The van der Waals surface area contributed by atoms with Crippen molar-refractivity contribution in [2.75, 3.05) is 11.4 Å². The van der Waals surface area contributed by atoms with Crippen molar-refractivity contribution in [3.05, 3.63) is 77.9 Å². The van der Waals surface area contributed by atoms with E-state index in [9.17, 15) is 4.79 Å². The SMILES string of the molecule is CCc1ccc2nc(N(CCCn3ccnc3)C(=O)c3cccc(C)c3)sc2c1.Cl. The largest absolute Gasteiger partial charge is 0.337 e. The van der Waals surface area contributed by atoms with Crippen molar-refractivity contribution in [1.82, 2.24) is 14.5 Å². The van der Waals surface area contributed by atoms with Crippen LogP contribution in [0.25, 0.3) is 10.2 Å². The summed E-state index contributed by atoms with van der Waals surface area (Å²) in [6, 6.07) is 14.1. The van der Waals surface area contributed by atoms with Crippen LogP contribution >= 0.6 is 23.7 Å². The van der Waals surface area contributed by atoms with E-state index in [-0.39, 0.29) is 18.3 Å². The van der Waals surface area contributed by atoms with Crippen LogP contribution in [-0.4, -0.2) is 27.0 Å². The molecule has 0 atom stereocenters. The fourth-order valence-corrected chi connectivity index (χ4v) is 4.39. The zero-order valence-electron chi connectivity index (χ0n) is 17.1. The number of anilines is 1. The van der Waals surface area contributed by atoms with Gasteiger partial charge in [-0.15, -0.1) is 12.4 Å². The normalized spacial score (nSPS) is 10.7. The molecule has 0 fully saturated rings. The standard InChI is InChI=1S/C23H24N4OS.ClH/c1-3-18-8-9-20-21(15-18)29-23(25-20)27(12-5-11-26-13-10-24-16-26)22(28)19-7-4-6-17(2)14-19;/h4,6-10,13-16H,3,5,11-12H2,1-2H3;1H. The Balaban J connectivity index is 0.00000256. The van der Waals surface area contributed by atoms with Crippen molar-refractivity contribution in [2.24, 2.45) is 0 Å². The number of hydrogen-bond acceptors (Lipinski definition) is 4. The van der Waals surface area contributed by atoms with E-state index in [1.807, 2.05) is 46.9 Å². The van der Waals surface area contributed by atoms with Crippen LogP contribution in [0.1, 0.15) is 34.8 Å². The molecule has 0 aliphatic carbocycles. The molecule has 0 spiro atoms. The van der Waals surface area contributed by atoms with Crippen LogP contribution in [0.2, 0.25) is 0 Å². The second-order valence-electron chi connectivity index (χ2n) is 7.13. The highest BCUT2D eigenvalue weighted by Gasteiger charge is 2.21. The quantitative estimate of drug-likeness (QED) is 0.380. The molecule has 30 heavy (non-hydrogen) atoms. The van der Waals surface area contributed by atoms with E-state index < -0.39 is 0 Å². The van der Waals surface area contributed by atoms with Crippen molar-refractivity contribution < 1.29 is 4.79 Å². The second-order valence-corrected chi connectivity index (χ2v) is 8.14. The molecule has 7 heteroatoms. The zero-order chi connectivity index (χ0) is 20.2. The Morgan fingerprint density at radius 3 is 2.80 bits per heavy atom. The van der Waals surface area contributed by atoms with Crippen molar-refractivity contribution in [3.8, 4) is 0 Å². The van der Waals surface area contributed by atoms with Gasteiger partial charge in [-0.1, -0.05) is 42.0 Å². The lowest BCUT2D eigenvalue weighted by Gasteiger charge is -2.20. The monoisotopic (exact) mass is 440 g/mol. The van der Waals surface area contributed by atoms with Crippen LogP contribution in [0.5, 0.6) is 0 Å². The van der Waals surface area contributed by atoms with Gasteiger partial charge in [-0.2, -0.15) is 0 Å². The summed E-state index contributed by atoms with van der Waals surface area (Å²) in [5, 5.41) is 0.755. The first-order valence-electron chi connectivity index (χ1n) is 9.88. The van der Waals surface area contributed by atoms with Crippen LogP contribution in [0.3, 0.4) is 0 Å². The molecule has 1 amide bonds. The molecular weight excluding hydrogens is 416 g/mol. The lowest BCUT2D eigenvalue weighted by molar-refractivity contribution is 0.0986. The molecule has 0 aliphatic heterocycles. The number of nitrogens with zero attached hydrogens (tertiary/aromatic N) is 4. The minimum atomic E-state index is -0.00546. The van der Waals surface area contributed by atoms with Gasteiger partial charge in [-0.05, 0) is 49.6 Å². The molecule has 156 valence electrons. The number of rotatable bonds is 7. The fourth-order valence-electron chi connectivity index (χ4n) is 3.34. The van der Waals surface area contributed by atoms with E-state index in [0.29, 0.717) is 12.1 Å². The number of carbonyl (C=O) groups is 1. The van der Waals surface area contributed by atoms with Crippen molar-refractivity contribution in [2.45, 2.75) is 33.2 Å². The van der Waals surface area contributed by atoms with Crippen LogP contribution in [0.15, 0.2) is 61.2 Å². The predicted octanol–water partition coefficient (Wildman–Crippen LogP) is 5.52. The Morgan fingerprint density at radius 1 is 1.20 bits per heavy atom. The summed E-state index contributed by atoms with van der Waals surface area (Å²) in [4.78, 5) is 24.1. The molecule has 5 nitrogen and oxygen atoms in total. The number of thiazole rings is 1. The second kappa shape index (κ2) is 9.87. The Hall–Kier alpha value is -2.70. The molecule has 2 aromatic heterocycles. The highest BCUT2D eigenvalue weighted by Crippen LogP contribution is 2.31. The molecule has 4 rings (SSSR count). The number of aromatic nitrogens is 3. The maximum atomic E-state index is 13.4. The van der Waals surface area contributed by atoms with Gasteiger partial charge in [-0.25, -0.2) is 9.97 Å². The van der Waals surface area contributed by atoms with Gasteiger partial charge >= 0.3 is 0 Å². The van der Waals surface area contributed by atoms with Gasteiger partial charge in [0.2, 0.25) is 0 Å². The summed E-state index contributed by atoms with van der Waals surface area (Å²) >= 11 is 1.58. The van der Waals surface area contributed by atoms with E-state index >= 15 is 0 Å². The summed E-state index contributed by atoms with van der Waals surface area (Å²) in [7, 11) is 0. The maximum Gasteiger partial charge on any atom is 0.260 e. The number of imidazole rings is 1. The number of amides is 1. The van der Waals surface area contributed by atoms with Crippen molar-refractivity contribution in [1.29, 1.82) is 0 Å². The molecule has 0 bridgehead atoms. The van der Waals surface area contributed by atoms with E-state index in [0.717, 1.165) is 40.3 Å². The average Bonchev–Trinajstić information content (AvgIpc) is 3.39. The van der Waals surface area contributed by atoms with E-state index in [2.05, 4.69) is 30.1 Å². The molecule has 2 heterocycles. The Kier molecular flexibility index (Phi) is 7.24. The first-order chi connectivity index (χ1) is 14.1. The summed E-state index contributed by atoms with van der Waals surface area (Å²) in [5.41, 5.74) is 4.00. The molecule has 0 saturated heterocycles. The molecule has 0 saturated carbocycles. The van der Waals surface area contributed by atoms with Crippen LogP contribution < -0.4 is 4.90 Å². The third kappa shape index (κ3) is 4.89.